The van der Waals surface area contributed by atoms with E-state index in [-0.39, 0.29) is 0 Å². The van der Waals surface area contributed by atoms with Gasteiger partial charge in [-0.1, -0.05) is 97.1 Å². The number of aromatic nitrogens is 4. The predicted octanol–water partition coefficient (Wildman–Crippen LogP) is 12.1. The summed E-state index contributed by atoms with van der Waals surface area (Å²) in [5.74, 6) is 1.68. The lowest BCUT2D eigenvalue weighted by molar-refractivity contribution is 0.415. The Kier molecular flexibility index (Phi) is 8.54. The van der Waals surface area contributed by atoms with E-state index in [1.807, 2.05) is 72.8 Å². The highest BCUT2D eigenvalue weighted by Crippen LogP contribution is 2.38. The lowest BCUT2D eigenvalue weighted by Gasteiger charge is -2.09. The average Bonchev–Trinajstić information content (AvgIpc) is 3.82. The van der Waals surface area contributed by atoms with Gasteiger partial charge in [0.05, 0.1) is 25.6 Å². The molecule has 54 heavy (non-hydrogen) atoms. The Morgan fingerprint density at radius 3 is 1.15 bits per heavy atom. The topological polar surface area (TPSA) is 75.8 Å². The van der Waals surface area contributed by atoms with Crippen LogP contribution in [0, 0.1) is 0 Å². The normalized spacial score (nSPS) is 11.1. The number of hydrogen-bond donors (Lipinski definition) is 2. The molecule has 0 aliphatic carbocycles. The molecule has 0 saturated heterocycles. The number of hydrogen-bond acceptors (Lipinski definition) is 4. The molecule has 10 aromatic rings. The van der Waals surface area contributed by atoms with Gasteiger partial charge in [-0.15, -0.1) is 0 Å². The lowest BCUT2D eigenvalue weighted by Crippen LogP contribution is -1.89. The molecule has 0 fully saturated rings. The molecule has 4 heterocycles. The molecule has 0 bridgehead atoms. The molecule has 4 aromatic heterocycles. The standard InChI is InChI=1S/2C24H18N2O/c2*1-27-18-13-11-17(12-14-18)22-15-20(16-7-3-2-4-8-16)23-19-9-5-6-10-21(19)25-24(23)26-22/h2*2-15H,1H3,(H,25,26). The smallest absolute Gasteiger partial charge is 0.139 e. The lowest BCUT2D eigenvalue weighted by atomic mass is 9.98. The molecule has 0 atom stereocenters. The molecule has 0 radical (unpaired) electrons. The van der Waals surface area contributed by atoms with Gasteiger partial charge < -0.3 is 19.4 Å². The van der Waals surface area contributed by atoms with E-state index >= 15 is 0 Å². The Bertz CT molecular complexity index is 2680. The van der Waals surface area contributed by atoms with Crippen LogP contribution in [0.1, 0.15) is 0 Å². The quantitative estimate of drug-likeness (QED) is 0.181. The highest BCUT2D eigenvalue weighted by Gasteiger charge is 2.16. The fraction of sp³-hybridized carbons (Fsp3) is 0.0417. The number of methoxy groups -OCH3 is 2. The van der Waals surface area contributed by atoms with Gasteiger partial charge in [0.1, 0.15) is 22.8 Å². The van der Waals surface area contributed by atoms with Gasteiger partial charge in [0.25, 0.3) is 0 Å². The van der Waals surface area contributed by atoms with E-state index in [1.165, 1.54) is 33.0 Å². The van der Waals surface area contributed by atoms with Crippen molar-refractivity contribution in [3.05, 3.63) is 170 Å². The van der Waals surface area contributed by atoms with E-state index in [0.717, 1.165) is 67.1 Å². The second-order valence-corrected chi connectivity index (χ2v) is 13.1. The maximum Gasteiger partial charge on any atom is 0.139 e. The zero-order valence-corrected chi connectivity index (χ0v) is 29.9. The van der Waals surface area contributed by atoms with Gasteiger partial charge in [-0.2, -0.15) is 0 Å². The van der Waals surface area contributed by atoms with Crippen LogP contribution < -0.4 is 9.47 Å². The Morgan fingerprint density at radius 2 is 0.759 bits per heavy atom. The van der Waals surface area contributed by atoms with Crippen LogP contribution in [0.15, 0.2) is 170 Å². The van der Waals surface area contributed by atoms with Gasteiger partial charge in [-0.25, -0.2) is 9.97 Å². The molecule has 0 aliphatic rings. The number of pyridine rings is 2. The van der Waals surface area contributed by atoms with Crippen LogP contribution in [0.5, 0.6) is 11.5 Å². The Balaban J connectivity index is 0.000000142. The molecule has 2 N–H and O–H groups in total. The number of H-pyrrole nitrogens is 2. The van der Waals surface area contributed by atoms with Crippen molar-refractivity contribution in [1.82, 2.24) is 19.9 Å². The summed E-state index contributed by atoms with van der Waals surface area (Å²) in [6.07, 6.45) is 0. The first-order valence-corrected chi connectivity index (χ1v) is 17.9. The van der Waals surface area contributed by atoms with Crippen LogP contribution in [-0.4, -0.2) is 34.2 Å². The summed E-state index contributed by atoms with van der Waals surface area (Å²) in [6.45, 7) is 0. The highest BCUT2D eigenvalue weighted by atomic mass is 16.5. The average molecular weight is 701 g/mol. The predicted molar refractivity (Wildman–Crippen MR) is 222 cm³/mol. The van der Waals surface area contributed by atoms with Crippen LogP contribution in [-0.2, 0) is 0 Å². The Hall–Kier alpha value is -7.18. The molecule has 0 saturated carbocycles. The number of nitrogens with one attached hydrogen (secondary N) is 2. The number of benzene rings is 6. The van der Waals surface area contributed by atoms with E-state index in [0.29, 0.717) is 0 Å². The molecule has 6 heteroatoms. The monoisotopic (exact) mass is 700 g/mol. The van der Waals surface area contributed by atoms with Crippen molar-refractivity contribution in [2.24, 2.45) is 0 Å². The fourth-order valence-corrected chi connectivity index (χ4v) is 7.20. The van der Waals surface area contributed by atoms with Gasteiger partial charge in [0.2, 0.25) is 0 Å². The molecule has 0 aliphatic heterocycles. The minimum Gasteiger partial charge on any atom is -0.497 e. The van der Waals surface area contributed by atoms with E-state index in [2.05, 4.69) is 107 Å². The third-order valence-corrected chi connectivity index (χ3v) is 9.88. The van der Waals surface area contributed by atoms with E-state index in [9.17, 15) is 0 Å². The summed E-state index contributed by atoms with van der Waals surface area (Å²) in [7, 11) is 3.36. The SMILES string of the molecule is COc1ccc(-c2cc(-c3ccccc3)c3c(n2)[nH]c2ccccc23)cc1.COc1ccc(-c2cc(-c3ccccc3)c3c(n2)[nH]c2ccccc23)cc1. The number of nitrogens with zero attached hydrogens (tertiary/aromatic N) is 2. The molecular weight excluding hydrogens is 665 g/mol. The zero-order valence-electron chi connectivity index (χ0n) is 29.9. The number of ether oxygens (including phenoxy) is 2. The van der Waals surface area contributed by atoms with Crippen molar-refractivity contribution in [2.45, 2.75) is 0 Å². The zero-order chi connectivity index (χ0) is 36.4. The highest BCUT2D eigenvalue weighted by molar-refractivity contribution is 6.14. The van der Waals surface area contributed by atoms with Crippen LogP contribution in [0.2, 0.25) is 0 Å². The van der Waals surface area contributed by atoms with Crippen molar-refractivity contribution < 1.29 is 9.47 Å². The van der Waals surface area contributed by atoms with Gasteiger partial charge in [-0.3, -0.25) is 0 Å². The van der Waals surface area contributed by atoms with Crippen molar-refractivity contribution in [1.29, 1.82) is 0 Å². The first kappa shape index (κ1) is 32.7. The Morgan fingerprint density at radius 1 is 0.389 bits per heavy atom. The van der Waals surface area contributed by atoms with Crippen LogP contribution in [0.4, 0.5) is 0 Å². The molecule has 0 unspecified atom stereocenters. The molecular formula is C48H36N4O2. The minimum atomic E-state index is 0.841. The molecule has 6 nitrogen and oxygen atoms in total. The van der Waals surface area contributed by atoms with Gasteiger partial charge in [-0.05, 0) is 95.1 Å². The number of fused-ring (bicyclic) bond motifs is 6. The Labute approximate surface area is 312 Å². The minimum absolute atomic E-state index is 0.841. The van der Waals surface area contributed by atoms with Crippen LogP contribution in [0.3, 0.4) is 0 Å². The third-order valence-electron chi connectivity index (χ3n) is 9.88. The van der Waals surface area contributed by atoms with Crippen molar-refractivity contribution in [2.75, 3.05) is 14.2 Å². The summed E-state index contributed by atoms with van der Waals surface area (Å²) in [5.41, 5.74) is 12.8. The maximum absolute atomic E-state index is 5.28. The summed E-state index contributed by atoms with van der Waals surface area (Å²) in [6, 6.07) is 58.1. The molecule has 0 amide bonds. The molecule has 0 spiro atoms. The van der Waals surface area contributed by atoms with Gasteiger partial charge in [0.15, 0.2) is 0 Å². The van der Waals surface area contributed by atoms with Crippen LogP contribution >= 0.6 is 0 Å². The second-order valence-electron chi connectivity index (χ2n) is 13.1. The van der Waals surface area contributed by atoms with Crippen LogP contribution in [0.25, 0.3) is 88.6 Å². The molecule has 260 valence electrons. The molecule has 6 aromatic carbocycles. The largest absolute Gasteiger partial charge is 0.497 e. The number of aromatic amines is 2. The second kappa shape index (κ2) is 14.1. The summed E-state index contributed by atoms with van der Waals surface area (Å²) < 4.78 is 10.6. The number of para-hydroxylation sites is 2. The van der Waals surface area contributed by atoms with Crippen molar-refractivity contribution >= 4 is 43.9 Å². The first-order valence-electron chi connectivity index (χ1n) is 17.9. The van der Waals surface area contributed by atoms with E-state index in [1.54, 1.807) is 14.2 Å². The first-order chi connectivity index (χ1) is 26.7. The molecule has 10 rings (SSSR count). The number of rotatable bonds is 6. The maximum atomic E-state index is 5.28. The summed E-state index contributed by atoms with van der Waals surface area (Å²) in [5, 5.41) is 4.71. The van der Waals surface area contributed by atoms with Crippen molar-refractivity contribution in [3.8, 4) is 56.3 Å². The fourth-order valence-electron chi connectivity index (χ4n) is 7.20. The van der Waals surface area contributed by atoms with Crippen molar-refractivity contribution in [3.63, 3.8) is 0 Å². The summed E-state index contributed by atoms with van der Waals surface area (Å²) >= 11 is 0. The van der Waals surface area contributed by atoms with Gasteiger partial charge in [0, 0.05) is 43.7 Å². The third kappa shape index (κ3) is 6.10. The van der Waals surface area contributed by atoms with E-state index in [4.69, 9.17) is 19.4 Å². The van der Waals surface area contributed by atoms with Gasteiger partial charge >= 0.3 is 0 Å². The van der Waals surface area contributed by atoms with E-state index < -0.39 is 0 Å². The summed E-state index contributed by atoms with van der Waals surface area (Å²) in [4.78, 5) is 16.8.